The second-order valence-electron chi connectivity index (χ2n) is 6.44. The summed E-state index contributed by atoms with van der Waals surface area (Å²) in [5, 5.41) is 1.99. The minimum atomic E-state index is -4.03. The van der Waals surface area contributed by atoms with E-state index in [9.17, 15) is 17.2 Å². The number of thiophene rings is 1. The summed E-state index contributed by atoms with van der Waals surface area (Å²) in [6.07, 6.45) is 1.17. The van der Waals surface area contributed by atoms with Crippen molar-refractivity contribution >= 4 is 32.9 Å². The highest BCUT2D eigenvalue weighted by molar-refractivity contribution is 7.92. The van der Waals surface area contributed by atoms with E-state index in [1.54, 1.807) is 17.4 Å². The van der Waals surface area contributed by atoms with Gasteiger partial charge < -0.3 is 9.64 Å². The molecular formula is C19H17F2N3O3S2. The molecule has 10 heteroatoms. The Bertz CT molecular complexity index is 1070. The summed E-state index contributed by atoms with van der Waals surface area (Å²) >= 11 is 1.62. The van der Waals surface area contributed by atoms with Crippen LogP contribution in [0.3, 0.4) is 0 Å². The van der Waals surface area contributed by atoms with Crippen LogP contribution in [0.2, 0.25) is 0 Å². The molecule has 1 aliphatic rings. The number of halogens is 2. The number of morpholine rings is 1. The van der Waals surface area contributed by atoms with Crippen LogP contribution < -0.4 is 9.62 Å². The number of nitrogens with zero attached hydrogens (tertiary/aromatic N) is 2. The summed E-state index contributed by atoms with van der Waals surface area (Å²) in [6.45, 7) is 1.79. The number of sulfonamides is 1. The Hall–Kier alpha value is -2.56. The summed E-state index contributed by atoms with van der Waals surface area (Å²) in [4.78, 5) is 7.32. The standard InChI is InChI=1S/C19H17F2N3O3S2/c20-13-8-14(21)10-15(9-13)23-29(25,26)16-3-4-19(22-11-16)24-5-6-27-17(12-24)18-2-1-7-28-18/h1-4,7-11,17,23H,5-6,12H2. The summed E-state index contributed by atoms with van der Waals surface area (Å²) in [5.74, 6) is -1.11. The molecule has 1 aromatic carbocycles. The van der Waals surface area contributed by atoms with Gasteiger partial charge in [0.2, 0.25) is 0 Å². The number of nitrogens with one attached hydrogen (secondary N) is 1. The topological polar surface area (TPSA) is 71.5 Å². The van der Waals surface area contributed by atoms with Crippen LogP contribution in [0, 0.1) is 11.6 Å². The fourth-order valence-electron chi connectivity index (χ4n) is 3.05. The molecule has 0 saturated carbocycles. The Kier molecular flexibility index (Phi) is 5.48. The Labute approximate surface area is 170 Å². The average molecular weight is 437 g/mol. The van der Waals surface area contributed by atoms with Gasteiger partial charge in [-0.05, 0) is 35.7 Å². The molecule has 1 fully saturated rings. The van der Waals surface area contributed by atoms with Gasteiger partial charge in [-0.2, -0.15) is 0 Å². The highest BCUT2D eigenvalue weighted by atomic mass is 32.2. The number of benzene rings is 1. The fraction of sp³-hybridized carbons (Fsp3) is 0.211. The highest BCUT2D eigenvalue weighted by Gasteiger charge is 2.24. The van der Waals surface area contributed by atoms with Crippen molar-refractivity contribution in [3.05, 3.63) is 70.6 Å². The van der Waals surface area contributed by atoms with Gasteiger partial charge in [0.15, 0.2) is 0 Å². The van der Waals surface area contributed by atoms with Crippen LogP contribution in [0.15, 0.2) is 58.9 Å². The van der Waals surface area contributed by atoms with E-state index in [0.717, 1.165) is 17.0 Å². The summed E-state index contributed by atoms with van der Waals surface area (Å²) in [7, 11) is -4.03. The summed E-state index contributed by atoms with van der Waals surface area (Å²) in [5.41, 5.74) is -0.196. The van der Waals surface area contributed by atoms with Gasteiger partial charge in [0.25, 0.3) is 10.0 Å². The van der Waals surface area contributed by atoms with Crippen molar-refractivity contribution in [1.82, 2.24) is 4.98 Å². The van der Waals surface area contributed by atoms with Crippen LogP contribution in [0.4, 0.5) is 20.3 Å². The molecule has 0 radical (unpaired) electrons. The SMILES string of the molecule is O=S(=O)(Nc1cc(F)cc(F)c1)c1ccc(N2CCOC(c3cccs3)C2)nc1. The molecular weight excluding hydrogens is 420 g/mol. The minimum absolute atomic E-state index is 0.0569. The highest BCUT2D eigenvalue weighted by Crippen LogP contribution is 2.28. The zero-order valence-corrected chi connectivity index (χ0v) is 16.7. The molecule has 1 N–H and O–H groups in total. The first-order valence-electron chi connectivity index (χ1n) is 8.76. The van der Waals surface area contributed by atoms with Crippen LogP contribution >= 0.6 is 11.3 Å². The maximum Gasteiger partial charge on any atom is 0.263 e. The van der Waals surface area contributed by atoms with E-state index in [1.165, 1.54) is 12.3 Å². The maximum atomic E-state index is 13.3. The second-order valence-corrected chi connectivity index (χ2v) is 9.10. The third-order valence-electron chi connectivity index (χ3n) is 4.40. The number of anilines is 2. The van der Waals surface area contributed by atoms with E-state index < -0.39 is 21.7 Å². The number of hydrogen-bond acceptors (Lipinski definition) is 6. The second kappa shape index (κ2) is 8.05. The lowest BCUT2D eigenvalue weighted by Gasteiger charge is -2.33. The fourth-order valence-corrected chi connectivity index (χ4v) is 4.80. The van der Waals surface area contributed by atoms with Crippen LogP contribution in [0.1, 0.15) is 11.0 Å². The van der Waals surface area contributed by atoms with Crippen molar-refractivity contribution < 1.29 is 21.9 Å². The predicted molar refractivity (Wildman–Crippen MR) is 107 cm³/mol. The molecule has 6 nitrogen and oxygen atoms in total. The van der Waals surface area contributed by atoms with Crippen molar-refractivity contribution in [3.8, 4) is 0 Å². The molecule has 1 unspecified atom stereocenters. The lowest BCUT2D eigenvalue weighted by Crippen LogP contribution is -2.38. The predicted octanol–water partition coefficient (Wildman–Crippen LogP) is 3.80. The number of pyridine rings is 1. The Morgan fingerprint density at radius 1 is 1.17 bits per heavy atom. The first kappa shape index (κ1) is 19.7. The quantitative estimate of drug-likeness (QED) is 0.658. The van der Waals surface area contributed by atoms with Gasteiger partial charge >= 0.3 is 0 Å². The molecule has 4 rings (SSSR count). The van der Waals surface area contributed by atoms with Gasteiger partial charge in [0.05, 0.1) is 18.8 Å². The zero-order chi connectivity index (χ0) is 20.4. The van der Waals surface area contributed by atoms with Crippen LogP contribution in [-0.4, -0.2) is 33.1 Å². The van der Waals surface area contributed by atoms with E-state index in [4.69, 9.17) is 4.74 Å². The largest absolute Gasteiger partial charge is 0.369 e. The normalized spacial score (nSPS) is 17.3. The molecule has 29 heavy (non-hydrogen) atoms. The van der Waals surface area contributed by atoms with Crippen molar-refractivity contribution in [2.24, 2.45) is 0 Å². The van der Waals surface area contributed by atoms with Gasteiger partial charge in [0.1, 0.15) is 28.5 Å². The molecule has 1 saturated heterocycles. The molecule has 0 bridgehead atoms. The maximum absolute atomic E-state index is 13.3. The third kappa shape index (κ3) is 4.55. The van der Waals surface area contributed by atoms with E-state index in [0.29, 0.717) is 31.6 Å². The first-order valence-corrected chi connectivity index (χ1v) is 11.1. The van der Waals surface area contributed by atoms with Crippen LogP contribution in [0.5, 0.6) is 0 Å². The lowest BCUT2D eigenvalue weighted by molar-refractivity contribution is 0.0418. The molecule has 0 amide bonds. The number of aromatic nitrogens is 1. The minimum Gasteiger partial charge on any atom is -0.369 e. The van der Waals surface area contributed by atoms with Crippen molar-refractivity contribution in [3.63, 3.8) is 0 Å². The average Bonchev–Trinajstić information content (AvgIpc) is 3.22. The van der Waals surface area contributed by atoms with E-state index in [1.807, 2.05) is 22.4 Å². The van der Waals surface area contributed by atoms with Crippen molar-refractivity contribution in [2.45, 2.75) is 11.0 Å². The van der Waals surface area contributed by atoms with Crippen LogP contribution in [-0.2, 0) is 14.8 Å². The summed E-state index contributed by atoms with van der Waals surface area (Å²) < 4.78 is 59.5. The number of hydrogen-bond donors (Lipinski definition) is 1. The number of rotatable bonds is 5. The van der Waals surface area contributed by atoms with Crippen LogP contribution in [0.25, 0.3) is 0 Å². The molecule has 0 aliphatic carbocycles. The molecule has 3 aromatic rings. The number of ether oxygens (including phenoxy) is 1. The Morgan fingerprint density at radius 2 is 1.97 bits per heavy atom. The Balaban J connectivity index is 1.49. The van der Waals surface area contributed by atoms with Gasteiger partial charge in [-0.15, -0.1) is 11.3 Å². The Morgan fingerprint density at radius 3 is 2.62 bits per heavy atom. The molecule has 1 atom stereocenters. The van der Waals surface area contributed by atoms with E-state index in [-0.39, 0.29) is 16.7 Å². The van der Waals surface area contributed by atoms with E-state index >= 15 is 0 Å². The van der Waals surface area contributed by atoms with Gasteiger partial charge in [-0.25, -0.2) is 22.2 Å². The van der Waals surface area contributed by atoms with E-state index in [2.05, 4.69) is 9.71 Å². The van der Waals surface area contributed by atoms with Gasteiger partial charge in [-0.3, -0.25) is 4.72 Å². The van der Waals surface area contributed by atoms with Crippen molar-refractivity contribution in [2.75, 3.05) is 29.3 Å². The first-order chi connectivity index (χ1) is 13.9. The molecule has 2 aromatic heterocycles. The molecule has 1 aliphatic heterocycles. The smallest absolute Gasteiger partial charge is 0.263 e. The van der Waals surface area contributed by atoms with Gasteiger partial charge in [0, 0.05) is 23.7 Å². The summed E-state index contributed by atoms with van der Waals surface area (Å²) in [6, 6.07) is 9.48. The molecule has 3 heterocycles. The lowest BCUT2D eigenvalue weighted by atomic mass is 10.2. The third-order valence-corrected chi connectivity index (χ3v) is 6.73. The monoisotopic (exact) mass is 437 g/mol. The van der Waals surface area contributed by atoms with Gasteiger partial charge in [-0.1, -0.05) is 6.07 Å². The van der Waals surface area contributed by atoms with Crippen molar-refractivity contribution in [1.29, 1.82) is 0 Å². The molecule has 0 spiro atoms. The zero-order valence-electron chi connectivity index (χ0n) is 15.1. The molecule has 152 valence electrons.